The number of piperidine rings is 1. The Morgan fingerprint density at radius 2 is 2.05 bits per heavy atom. The summed E-state index contributed by atoms with van der Waals surface area (Å²) in [5, 5.41) is 14.6. The van der Waals surface area contributed by atoms with Crippen molar-refractivity contribution in [2.75, 3.05) is 20.1 Å². The summed E-state index contributed by atoms with van der Waals surface area (Å²) in [5.41, 5.74) is -0.130. The molecule has 1 aromatic rings. The molecule has 1 saturated heterocycles. The van der Waals surface area contributed by atoms with E-state index < -0.39 is 4.92 Å². The van der Waals surface area contributed by atoms with Gasteiger partial charge in [-0.05, 0) is 38.9 Å². The van der Waals surface area contributed by atoms with Crippen molar-refractivity contribution in [1.29, 1.82) is 0 Å². The SMILES string of the molecule is CNC1(C)CCN(C(=O)c2ccc(Cl)cc2[N+](=O)[O-])CC1. The zero-order valence-corrected chi connectivity index (χ0v) is 12.8. The summed E-state index contributed by atoms with van der Waals surface area (Å²) in [6.45, 7) is 3.27. The maximum Gasteiger partial charge on any atom is 0.283 e. The number of rotatable bonds is 3. The Hall–Kier alpha value is -1.66. The van der Waals surface area contributed by atoms with Crippen LogP contribution in [0.3, 0.4) is 0 Å². The number of nitro groups is 1. The highest BCUT2D eigenvalue weighted by Crippen LogP contribution is 2.27. The Morgan fingerprint density at radius 1 is 1.43 bits per heavy atom. The summed E-state index contributed by atoms with van der Waals surface area (Å²) in [4.78, 5) is 24.7. The average molecular weight is 312 g/mol. The van der Waals surface area contributed by atoms with Crippen LogP contribution in [0.4, 0.5) is 5.69 Å². The Morgan fingerprint density at radius 3 is 2.57 bits per heavy atom. The summed E-state index contributed by atoms with van der Waals surface area (Å²) < 4.78 is 0. The first-order chi connectivity index (χ1) is 9.86. The van der Waals surface area contributed by atoms with Crippen molar-refractivity contribution >= 4 is 23.2 Å². The molecule has 0 aliphatic carbocycles. The van der Waals surface area contributed by atoms with Crippen LogP contribution >= 0.6 is 11.6 Å². The van der Waals surface area contributed by atoms with Crippen LogP contribution in [-0.4, -0.2) is 41.4 Å². The Kier molecular flexibility index (Phi) is 4.49. The second-order valence-corrected chi connectivity index (χ2v) is 5.96. The smallest absolute Gasteiger partial charge is 0.283 e. The third kappa shape index (κ3) is 3.33. The van der Waals surface area contributed by atoms with Crippen molar-refractivity contribution < 1.29 is 9.72 Å². The van der Waals surface area contributed by atoms with Gasteiger partial charge in [0.25, 0.3) is 11.6 Å². The number of nitrogens with zero attached hydrogens (tertiary/aromatic N) is 2. The molecule has 1 N–H and O–H groups in total. The van der Waals surface area contributed by atoms with Gasteiger partial charge in [-0.15, -0.1) is 0 Å². The fourth-order valence-corrected chi connectivity index (χ4v) is 2.63. The molecule has 1 amide bonds. The molecule has 1 aromatic carbocycles. The van der Waals surface area contributed by atoms with Gasteiger partial charge in [-0.2, -0.15) is 0 Å². The van der Waals surface area contributed by atoms with Gasteiger partial charge in [-0.3, -0.25) is 14.9 Å². The van der Waals surface area contributed by atoms with Crippen LogP contribution in [0.1, 0.15) is 30.1 Å². The lowest BCUT2D eigenvalue weighted by molar-refractivity contribution is -0.385. The van der Waals surface area contributed by atoms with E-state index in [0.717, 1.165) is 12.8 Å². The average Bonchev–Trinajstić information content (AvgIpc) is 2.47. The fraction of sp³-hybridized carbons (Fsp3) is 0.500. The number of benzene rings is 1. The molecule has 0 atom stereocenters. The molecule has 21 heavy (non-hydrogen) atoms. The molecule has 2 rings (SSSR count). The van der Waals surface area contributed by atoms with Gasteiger partial charge in [0, 0.05) is 29.7 Å². The van der Waals surface area contributed by atoms with Crippen LogP contribution in [0.5, 0.6) is 0 Å². The summed E-state index contributed by atoms with van der Waals surface area (Å²) in [6, 6.07) is 4.15. The Labute approximate surface area is 128 Å². The summed E-state index contributed by atoms with van der Waals surface area (Å²) in [6.07, 6.45) is 1.63. The quantitative estimate of drug-likeness (QED) is 0.687. The number of carbonyl (C=O) groups is 1. The van der Waals surface area contributed by atoms with Gasteiger partial charge in [0.2, 0.25) is 0 Å². The van der Waals surface area contributed by atoms with Crippen LogP contribution in [0.25, 0.3) is 0 Å². The highest BCUT2D eigenvalue weighted by molar-refractivity contribution is 6.31. The molecule has 1 aliphatic rings. The maximum atomic E-state index is 12.5. The standard InChI is InChI=1S/C14H18ClN3O3/c1-14(16-2)5-7-17(8-6-14)13(19)11-4-3-10(15)9-12(11)18(20)21/h3-4,9,16H,5-8H2,1-2H3. The predicted molar refractivity (Wildman–Crippen MR) is 80.7 cm³/mol. The van der Waals surface area contributed by atoms with E-state index in [2.05, 4.69) is 12.2 Å². The lowest BCUT2D eigenvalue weighted by atomic mass is 9.89. The highest BCUT2D eigenvalue weighted by atomic mass is 35.5. The van der Waals surface area contributed by atoms with Crippen molar-refractivity contribution in [3.05, 3.63) is 38.9 Å². The topological polar surface area (TPSA) is 75.5 Å². The molecule has 0 spiro atoms. The molecule has 7 heteroatoms. The number of hydrogen-bond acceptors (Lipinski definition) is 4. The minimum atomic E-state index is -0.569. The van der Waals surface area contributed by atoms with E-state index in [0.29, 0.717) is 13.1 Å². The largest absolute Gasteiger partial charge is 0.338 e. The first kappa shape index (κ1) is 15.7. The highest BCUT2D eigenvalue weighted by Gasteiger charge is 2.32. The molecule has 0 saturated carbocycles. The monoisotopic (exact) mass is 311 g/mol. The van der Waals surface area contributed by atoms with Crippen LogP contribution in [-0.2, 0) is 0 Å². The van der Waals surface area contributed by atoms with Crippen molar-refractivity contribution in [3.63, 3.8) is 0 Å². The van der Waals surface area contributed by atoms with Gasteiger partial charge in [0.1, 0.15) is 5.56 Å². The zero-order valence-electron chi connectivity index (χ0n) is 12.1. The van der Waals surface area contributed by atoms with Gasteiger partial charge < -0.3 is 10.2 Å². The molecule has 0 radical (unpaired) electrons. The molecule has 1 fully saturated rings. The van der Waals surface area contributed by atoms with Crippen molar-refractivity contribution in [2.24, 2.45) is 0 Å². The molecule has 0 unspecified atom stereocenters. The number of likely N-dealkylation sites (tertiary alicyclic amines) is 1. The van der Waals surface area contributed by atoms with E-state index in [-0.39, 0.29) is 27.7 Å². The normalized spacial score (nSPS) is 17.6. The number of nitrogens with one attached hydrogen (secondary N) is 1. The molecular weight excluding hydrogens is 294 g/mol. The Bertz CT molecular complexity index is 569. The van der Waals surface area contributed by atoms with Gasteiger partial charge in [-0.25, -0.2) is 0 Å². The van der Waals surface area contributed by atoms with E-state index in [4.69, 9.17) is 11.6 Å². The number of hydrogen-bond donors (Lipinski definition) is 1. The van der Waals surface area contributed by atoms with Gasteiger partial charge in [0.15, 0.2) is 0 Å². The molecule has 0 bridgehead atoms. The van der Waals surface area contributed by atoms with Gasteiger partial charge in [-0.1, -0.05) is 11.6 Å². The first-order valence-corrected chi connectivity index (χ1v) is 7.16. The minimum Gasteiger partial charge on any atom is -0.338 e. The van der Waals surface area contributed by atoms with Gasteiger partial charge in [0.05, 0.1) is 4.92 Å². The molecule has 114 valence electrons. The second kappa shape index (κ2) is 5.99. The summed E-state index contributed by atoms with van der Waals surface area (Å²) in [7, 11) is 1.90. The van der Waals surface area contributed by atoms with Crippen molar-refractivity contribution in [1.82, 2.24) is 10.2 Å². The molecule has 1 heterocycles. The molecule has 6 nitrogen and oxygen atoms in total. The van der Waals surface area contributed by atoms with E-state index in [9.17, 15) is 14.9 Å². The predicted octanol–water partition coefficient (Wildman–Crippen LogP) is 2.46. The first-order valence-electron chi connectivity index (χ1n) is 6.78. The molecule has 1 aliphatic heterocycles. The van der Waals surface area contributed by atoms with Crippen molar-refractivity contribution in [2.45, 2.75) is 25.3 Å². The fourth-order valence-electron chi connectivity index (χ4n) is 2.46. The second-order valence-electron chi connectivity index (χ2n) is 5.52. The van der Waals surface area contributed by atoms with E-state index in [1.165, 1.54) is 18.2 Å². The Balaban J connectivity index is 2.20. The van der Waals surface area contributed by atoms with Crippen LogP contribution < -0.4 is 5.32 Å². The van der Waals surface area contributed by atoms with E-state index >= 15 is 0 Å². The summed E-state index contributed by atoms with van der Waals surface area (Å²) >= 11 is 5.77. The lowest BCUT2D eigenvalue weighted by Gasteiger charge is -2.39. The minimum absolute atomic E-state index is 0.0166. The zero-order chi connectivity index (χ0) is 15.6. The number of amides is 1. The van der Waals surface area contributed by atoms with Crippen LogP contribution in [0.2, 0.25) is 5.02 Å². The number of halogens is 1. The third-order valence-electron chi connectivity index (χ3n) is 4.14. The van der Waals surface area contributed by atoms with Gasteiger partial charge >= 0.3 is 0 Å². The molecular formula is C14H18ClN3O3. The third-order valence-corrected chi connectivity index (χ3v) is 4.38. The van der Waals surface area contributed by atoms with Crippen LogP contribution in [0, 0.1) is 10.1 Å². The summed E-state index contributed by atoms with van der Waals surface area (Å²) in [5.74, 6) is -0.309. The van der Waals surface area contributed by atoms with Crippen LogP contribution in [0.15, 0.2) is 18.2 Å². The van der Waals surface area contributed by atoms with Crippen molar-refractivity contribution in [3.8, 4) is 0 Å². The lowest BCUT2D eigenvalue weighted by Crippen LogP contribution is -2.51. The van der Waals surface area contributed by atoms with E-state index in [1.807, 2.05) is 7.05 Å². The molecule has 0 aromatic heterocycles. The number of carbonyl (C=O) groups excluding carboxylic acids is 1. The maximum absolute atomic E-state index is 12.5. The number of nitro benzene ring substituents is 1. The van der Waals surface area contributed by atoms with E-state index in [1.54, 1.807) is 4.90 Å².